The van der Waals surface area contributed by atoms with Gasteiger partial charge in [-0.3, -0.25) is 4.79 Å². The SMILES string of the molecule is CC(NC(=O)[C@@H]1CC[C@H](CN)O1)c1ccc(S(=O)(=O)N(C)C)cc1.Cl. The molecule has 25 heavy (non-hydrogen) atoms. The molecule has 3 N–H and O–H groups in total. The van der Waals surface area contributed by atoms with E-state index in [2.05, 4.69) is 5.32 Å². The minimum Gasteiger partial charge on any atom is -0.364 e. The van der Waals surface area contributed by atoms with Crippen LogP contribution in [0.3, 0.4) is 0 Å². The zero-order valence-corrected chi connectivity index (χ0v) is 16.3. The van der Waals surface area contributed by atoms with Gasteiger partial charge >= 0.3 is 0 Å². The van der Waals surface area contributed by atoms with E-state index in [1.54, 1.807) is 24.3 Å². The Morgan fingerprint density at radius 2 is 1.92 bits per heavy atom. The van der Waals surface area contributed by atoms with Crippen molar-refractivity contribution in [3.05, 3.63) is 29.8 Å². The van der Waals surface area contributed by atoms with Gasteiger partial charge in [0.25, 0.3) is 0 Å². The number of amides is 1. The van der Waals surface area contributed by atoms with E-state index in [4.69, 9.17) is 10.5 Å². The van der Waals surface area contributed by atoms with Crippen molar-refractivity contribution < 1.29 is 17.9 Å². The molecule has 1 aromatic carbocycles. The number of benzene rings is 1. The van der Waals surface area contributed by atoms with Gasteiger partial charge in [-0.1, -0.05) is 12.1 Å². The minimum atomic E-state index is -3.45. The molecule has 0 spiro atoms. The number of hydrogen-bond acceptors (Lipinski definition) is 5. The largest absolute Gasteiger partial charge is 0.364 e. The molecule has 3 atom stereocenters. The molecule has 0 radical (unpaired) electrons. The van der Waals surface area contributed by atoms with Crippen LogP contribution in [-0.4, -0.2) is 51.5 Å². The fraction of sp³-hybridized carbons (Fsp3) is 0.562. The van der Waals surface area contributed by atoms with Gasteiger partial charge < -0.3 is 15.8 Å². The highest BCUT2D eigenvalue weighted by molar-refractivity contribution is 7.89. The van der Waals surface area contributed by atoms with Gasteiger partial charge in [-0.2, -0.15) is 0 Å². The number of ether oxygens (including phenoxy) is 1. The van der Waals surface area contributed by atoms with Crippen molar-refractivity contribution in [3.63, 3.8) is 0 Å². The number of hydrogen-bond donors (Lipinski definition) is 2. The van der Waals surface area contributed by atoms with Crippen molar-refractivity contribution in [2.24, 2.45) is 5.73 Å². The first kappa shape index (κ1) is 21.9. The summed E-state index contributed by atoms with van der Waals surface area (Å²) in [7, 11) is -0.474. The highest BCUT2D eigenvalue weighted by atomic mass is 35.5. The van der Waals surface area contributed by atoms with Crippen LogP contribution in [0.25, 0.3) is 0 Å². The molecular weight excluding hydrogens is 366 g/mol. The fourth-order valence-corrected chi connectivity index (χ4v) is 3.50. The van der Waals surface area contributed by atoms with Crippen molar-refractivity contribution >= 4 is 28.3 Å². The summed E-state index contributed by atoms with van der Waals surface area (Å²) in [6.07, 6.45) is 0.946. The lowest BCUT2D eigenvalue weighted by Crippen LogP contribution is -2.37. The maximum Gasteiger partial charge on any atom is 0.249 e. The van der Waals surface area contributed by atoms with Crippen LogP contribution in [0.15, 0.2) is 29.2 Å². The molecule has 1 aliphatic heterocycles. The topological polar surface area (TPSA) is 102 Å². The summed E-state index contributed by atoms with van der Waals surface area (Å²) < 4.78 is 30.8. The number of nitrogens with two attached hydrogens (primary N) is 1. The van der Waals surface area contributed by atoms with E-state index in [-0.39, 0.29) is 35.4 Å². The first-order valence-electron chi connectivity index (χ1n) is 7.94. The van der Waals surface area contributed by atoms with Gasteiger partial charge in [0.1, 0.15) is 6.10 Å². The molecule has 1 fully saturated rings. The summed E-state index contributed by atoms with van der Waals surface area (Å²) in [5.74, 6) is -0.163. The molecule has 1 unspecified atom stereocenters. The van der Waals surface area contributed by atoms with Gasteiger partial charge in [0, 0.05) is 20.6 Å². The van der Waals surface area contributed by atoms with E-state index in [0.717, 1.165) is 12.0 Å². The number of sulfonamides is 1. The van der Waals surface area contributed by atoms with Gasteiger partial charge in [-0.25, -0.2) is 12.7 Å². The minimum absolute atomic E-state index is 0. The van der Waals surface area contributed by atoms with E-state index in [1.807, 2.05) is 6.92 Å². The summed E-state index contributed by atoms with van der Waals surface area (Å²) in [6, 6.07) is 6.27. The maximum absolute atomic E-state index is 12.2. The Bertz CT molecular complexity index is 679. The van der Waals surface area contributed by atoms with E-state index in [9.17, 15) is 13.2 Å². The first-order valence-corrected chi connectivity index (χ1v) is 9.38. The molecule has 0 bridgehead atoms. The van der Waals surface area contributed by atoms with Crippen molar-refractivity contribution in [1.82, 2.24) is 9.62 Å². The second-order valence-electron chi connectivity index (χ2n) is 6.15. The summed E-state index contributed by atoms with van der Waals surface area (Å²) in [5, 5.41) is 2.90. The zero-order valence-electron chi connectivity index (χ0n) is 14.6. The number of halogens is 1. The molecule has 1 saturated heterocycles. The standard InChI is InChI=1S/C16H25N3O4S.ClH/c1-11(18-16(20)15-9-6-13(10-17)23-15)12-4-7-14(8-5-12)24(21,22)19(2)3;/h4-5,7-8,11,13,15H,6,9-10,17H2,1-3H3,(H,18,20);1H/t11?,13-,15+;/m1./s1. The lowest BCUT2D eigenvalue weighted by Gasteiger charge is -2.18. The Morgan fingerprint density at radius 1 is 1.32 bits per heavy atom. The van der Waals surface area contributed by atoms with Crippen LogP contribution in [-0.2, 0) is 19.6 Å². The normalized spacial score (nSPS) is 21.6. The molecule has 142 valence electrons. The van der Waals surface area contributed by atoms with Crippen LogP contribution >= 0.6 is 12.4 Å². The molecule has 1 heterocycles. The Labute approximate surface area is 155 Å². The quantitative estimate of drug-likeness (QED) is 0.754. The molecule has 7 nitrogen and oxygen atoms in total. The first-order chi connectivity index (χ1) is 11.3. The monoisotopic (exact) mass is 391 g/mol. The van der Waals surface area contributed by atoms with Crippen LogP contribution in [0.5, 0.6) is 0 Å². The highest BCUT2D eigenvalue weighted by Gasteiger charge is 2.30. The number of carbonyl (C=O) groups is 1. The molecule has 1 aromatic rings. The van der Waals surface area contributed by atoms with Gasteiger partial charge in [-0.15, -0.1) is 12.4 Å². The Morgan fingerprint density at radius 3 is 2.40 bits per heavy atom. The number of nitrogens with zero attached hydrogens (tertiary/aromatic N) is 1. The molecule has 0 saturated carbocycles. The molecule has 9 heteroatoms. The summed E-state index contributed by atoms with van der Waals surface area (Å²) >= 11 is 0. The molecule has 1 amide bonds. The van der Waals surface area contributed by atoms with Crippen LogP contribution in [0, 0.1) is 0 Å². The van der Waals surface area contributed by atoms with E-state index < -0.39 is 16.1 Å². The predicted molar refractivity (Wildman–Crippen MR) is 98.1 cm³/mol. The Kier molecular flexibility index (Phi) is 7.83. The lowest BCUT2D eigenvalue weighted by atomic mass is 10.1. The zero-order chi connectivity index (χ0) is 17.9. The molecule has 0 aliphatic carbocycles. The summed E-state index contributed by atoms with van der Waals surface area (Å²) in [5.41, 5.74) is 6.38. The van der Waals surface area contributed by atoms with Gasteiger partial charge in [0.15, 0.2) is 0 Å². The van der Waals surface area contributed by atoms with Crippen molar-refractivity contribution in [3.8, 4) is 0 Å². The van der Waals surface area contributed by atoms with Crippen molar-refractivity contribution in [2.45, 2.75) is 42.9 Å². The third kappa shape index (κ3) is 5.15. The van der Waals surface area contributed by atoms with Crippen LogP contribution in [0.1, 0.15) is 31.4 Å². The predicted octanol–water partition coefficient (Wildman–Crippen LogP) is 1.04. The van der Waals surface area contributed by atoms with Gasteiger partial charge in [0.2, 0.25) is 15.9 Å². The number of rotatable bonds is 6. The van der Waals surface area contributed by atoms with Gasteiger partial charge in [-0.05, 0) is 37.5 Å². The second-order valence-corrected chi connectivity index (χ2v) is 8.30. The van der Waals surface area contributed by atoms with Gasteiger partial charge in [0.05, 0.1) is 17.0 Å². The lowest BCUT2D eigenvalue weighted by molar-refractivity contribution is -0.132. The fourth-order valence-electron chi connectivity index (χ4n) is 2.60. The highest BCUT2D eigenvalue weighted by Crippen LogP contribution is 2.21. The molecule has 0 aromatic heterocycles. The summed E-state index contributed by atoms with van der Waals surface area (Å²) in [4.78, 5) is 12.4. The average molecular weight is 392 g/mol. The number of nitrogens with one attached hydrogen (secondary N) is 1. The Balaban J connectivity index is 0.00000312. The van der Waals surface area contributed by atoms with E-state index in [0.29, 0.717) is 13.0 Å². The summed E-state index contributed by atoms with van der Waals surface area (Å²) in [6.45, 7) is 2.27. The van der Waals surface area contributed by atoms with E-state index >= 15 is 0 Å². The smallest absolute Gasteiger partial charge is 0.249 e. The molecule has 1 aliphatic rings. The van der Waals surface area contributed by atoms with E-state index in [1.165, 1.54) is 18.4 Å². The average Bonchev–Trinajstić information content (AvgIpc) is 3.04. The van der Waals surface area contributed by atoms with Crippen LogP contribution < -0.4 is 11.1 Å². The maximum atomic E-state index is 12.2. The van der Waals surface area contributed by atoms with Crippen molar-refractivity contribution in [2.75, 3.05) is 20.6 Å². The Hall–Kier alpha value is -1.19. The van der Waals surface area contributed by atoms with Crippen LogP contribution in [0.4, 0.5) is 0 Å². The molecule has 2 rings (SSSR count). The third-order valence-corrected chi connectivity index (χ3v) is 6.01. The van der Waals surface area contributed by atoms with Crippen molar-refractivity contribution in [1.29, 1.82) is 0 Å². The van der Waals surface area contributed by atoms with Crippen LogP contribution in [0.2, 0.25) is 0 Å². The second kappa shape index (κ2) is 8.95. The third-order valence-electron chi connectivity index (χ3n) is 4.18. The number of carbonyl (C=O) groups excluding carboxylic acids is 1. The molecular formula is C16H26ClN3O4S.